The molecule has 10 heteroatoms. The number of nitrogens with one attached hydrogen (secondary N) is 2. The number of piperazine rings is 1. The highest BCUT2D eigenvalue weighted by molar-refractivity contribution is 6.14. The maximum absolute atomic E-state index is 13.9. The number of hydrogen-bond acceptors (Lipinski definition) is 5. The molecule has 0 spiro atoms. The van der Waals surface area contributed by atoms with Gasteiger partial charge >= 0.3 is 0 Å². The number of benzene rings is 4. The van der Waals surface area contributed by atoms with Gasteiger partial charge in [0.25, 0.3) is 5.91 Å². The molecule has 0 unspecified atom stereocenters. The van der Waals surface area contributed by atoms with Crippen molar-refractivity contribution in [3.05, 3.63) is 148 Å². The van der Waals surface area contributed by atoms with Gasteiger partial charge in [-0.05, 0) is 90.2 Å². The molecule has 4 aromatic carbocycles. The van der Waals surface area contributed by atoms with E-state index in [0.717, 1.165) is 75.8 Å². The zero-order valence-corrected chi connectivity index (χ0v) is 27.5. The lowest BCUT2D eigenvalue weighted by Gasteiger charge is -2.34. The third-order valence-electron chi connectivity index (χ3n) is 9.04. The number of carbonyl (C=O) groups excluding carboxylic acids is 2. The zero-order valence-electron chi connectivity index (χ0n) is 27.5. The second-order valence-corrected chi connectivity index (χ2v) is 12.7. The van der Waals surface area contributed by atoms with E-state index in [-0.39, 0.29) is 46.8 Å². The number of amides is 1. The molecule has 4 aromatic rings. The molecule has 258 valence electrons. The minimum Gasteiger partial charge on any atom is -0.384 e. The summed E-state index contributed by atoms with van der Waals surface area (Å²) < 4.78 is 54.9. The molecule has 1 heterocycles. The minimum atomic E-state index is -1.06. The molecule has 6 rings (SSSR count). The van der Waals surface area contributed by atoms with Gasteiger partial charge in [-0.25, -0.2) is 17.6 Å². The standard InChI is InChI=1S/C40H38F4N4O2/c41-35-12-6-28(22-37(35)43)20-31-24-34(25-32(39(31)49)21-29-7-13-36(42)38(44)23-29)46-40(50)30-8-10-33(11-9-30)45-14-15-47-16-18-48(19-17-47)26-27-4-2-1-3-5-27/h1-13,20-23,34,45H,14-19,24-26H2,(H,46,50)/b31-20+,32-21+. The first kappa shape index (κ1) is 34.8. The van der Waals surface area contributed by atoms with Crippen molar-refractivity contribution < 1.29 is 27.2 Å². The van der Waals surface area contributed by atoms with Crippen molar-refractivity contribution in [2.45, 2.75) is 25.4 Å². The third kappa shape index (κ3) is 9.13. The maximum Gasteiger partial charge on any atom is 0.251 e. The number of rotatable bonds is 10. The number of halogens is 4. The molecule has 1 amide bonds. The highest BCUT2D eigenvalue weighted by Gasteiger charge is 2.29. The normalized spacial score (nSPS) is 18.8. The van der Waals surface area contributed by atoms with Crippen LogP contribution in [0.2, 0.25) is 0 Å². The van der Waals surface area contributed by atoms with Crippen LogP contribution in [-0.4, -0.2) is 66.8 Å². The molecule has 2 aliphatic rings. The van der Waals surface area contributed by atoms with Crippen LogP contribution in [0.25, 0.3) is 12.2 Å². The van der Waals surface area contributed by atoms with Gasteiger partial charge in [-0.1, -0.05) is 42.5 Å². The lowest BCUT2D eigenvalue weighted by atomic mass is 9.83. The van der Waals surface area contributed by atoms with Gasteiger partial charge < -0.3 is 10.6 Å². The first-order valence-corrected chi connectivity index (χ1v) is 16.7. The zero-order chi connectivity index (χ0) is 35.0. The quantitative estimate of drug-likeness (QED) is 0.138. The SMILES string of the molecule is O=C1/C(=C/c2ccc(F)c(F)c2)CC(NC(=O)c2ccc(NCCN3CCN(Cc4ccccc4)CC3)cc2)C/C1=C\c1ccc(F)c(F)c1. The Kier molecular flexibility index (Phi) is 11.2. The van der Waals surface area contributed by atoms with Crippen molar-refractivity contribution in [3.8, 4) is 0 Å². The smallest absolute Gasteiger partial charge is 0.251 e. The second-order valence-electron chi connectivity index (χ2n) is 12.7. The summed E-state index contributed by atoms with van der Waals surface area (Å²) in [6.07, 6.45) is 3.18. The van der Waals surface area contributed by atoms with Gasteiger partial charge in [0, 0.05) is 74.3 Å². The Morgan fingerprint density at radius 3 is 1.82 bits per heavy atom. The fourth-order valence-electron chi connectivity index (χ4n) is 6.33. The van der Waals surface area contributed by atoms with Crippen LogP contribution in [-0.2, 0) is 11.3 Å². The van der Waals surface area contributed by atoms with E-state index in [1.165, 1.54) is 29.8 Å². The fraction of sp³-hybridized carbons (Fsp3) is 0.250. The molecule has 1 aliphatic heterocycles. The van der Waals surface area contributed by atoms with Gasteiger partial charge in [-0.15, -0.1) is 0 Å². The molecule has 2 N–H and O–H groups in total. The summed E-state index contributed by atoms with van der Waals surface area (Å²) in [6, 6.07) is 23.7. The molecule has 1 aliphatic carbocycles. The van der Waals surface area contributed by atoms with E-state index in [1.54, 1.807) is 12.1 Å². The number of carbonyl (C=O) groups is 2. The number of ketones is 1. The van der Waals surface area contributed by atoms with Crippen LogP contribution in [0.15, 0.2) is 102 Å². The summed E-state index contributed by atoms with van der Waals surface area (Å²) in [5, 5.41) is 6.41. The molecular formula is C40H38F4N4O2. The first-order valence-electron chi connectivity index (χ1n) is 16.7. The summed E-state index contributed by atoms with van der Waals surface area (Å²) in [6.45, 7) is 6.71. The van der Waals surface area contributed by atoms with Crippen LogP contribution in [0, 0.1) is 23.3 Å². The topological polar surface area (TPSA) is 64.7 Å². The number of Topliss-reactive ketones (excluding diaryl/α,β-unsaturated/α-hetero) is 1. The first-order chi connectivity index (χ1) is 24.2. The van der Waals surface area contributed by atoms with Gasteiger partial charge in [-0.3, -0.25) is 19.4 Å². The van der Waals surface area contributed by atoms with Crippen LogP contribution in [0.3, 0.4) is 0 Å². The Balaban J connectivity index is 1.06. The van der Waals surface area contributed by atoms with Crippen molar-refractivity contribution in [2.24, 2.45) is 0 Å². The predicted molar refractivity (Wildman–Crippen MR) is 187 cm³/mol. The van der Waals surface area contributed by atoms with Crippen LogP contribution >= 0.6 is 0 Å². The lowest BCUT2D eigenvalue weighted by molar-refractivity contribution is -0.113. The molecule has 6 nitrogen and oxygen atoms in total. The Labute approximate surface area is 289 Å². The number of nitrogens with zero attached hydrogens (tertiary/aromatic N) is 2. The van der Waals surface area contributed by atoms with E-state index in [9.17, 15) is 27.2 Å². The summed E-state index contributed by atoms with van der Waals surface area (Å²) in [5.41, 5.74) is 3.73. The Bertz CT molecular complexity index is 1810. The van der Waals surface area contributed by atoms with Crippen molar-refractivity contribution >= 4 is 29.5 Å². The van der Waals surface area contributed by atoms with E-state index in [4.69, 9.17) is 0 Å². The van der Waals surface area contributed by atoms with E-state index >= 15 is 0 Å². The van der Waals surface area contributed by atoms with Gasteiger partial charge in [0.2, 0.25) is 0 Å². The largest absolute Gasteiger partial charge is 0.384 e. The molecule has 0 atom stereocenters. The number of hydrogen-bond donors (Lipinski definition) is 2. The van der Waals surface area contributed by atoms with Crippen molar-refractivity contribution in [2.75, 3.05) is 44.6 Å². The molecular weight excluding hydrogens is 644 g/mol. The van der Waals surface area contributed by atoms with Crippen molar-refractivity contribution in [1.29, 1.82) is 0 Å². The van der Waals surface area contributed by atoms with Gasteiger partial charge in [-0.2, -0.15) is 0 Å². The highest BCUT2D eigenvalue weighted by atomic mass is 19.2. The van der Waals surface area contributed by atoms with Gasteiger partial charge in [0.05, 0.1) is 0 Å². The van der Waals surface area contributed by atoms with Crippen LogP contribution in [0.5, 0.6) is 0 Å². The summed E-state index contributed by atoms with van der Waals surface area (Å²) >= 11 is 0. The predicted octanol–water partition coefficient (Wildman–Crippen LogP) is 7.10. The van der Waals surface area contributed by atoms with Crippen LogP contribution < -0.4 is 10.6 Å². The van der Waals surface area contributed by atoms with Crippen LogP contribution in [0.1, 0.15) is 39.9 Å². The molecule has 0 radical (unpaired) electrons. The Morgan fingerprint density at radius 2 is 1.26 bits per heavy atom. The highest BCUT2D eigenvalue weighted by Crippen LogP contribution is 2.30. The molecule has 1 saturated heterocycles. The summed E-state index contributed by atoms with van der Waals surface area (Å²) in [4.78, 5) is 31.7. The molecule has 50 heavy (non-hydrogen) atoms. The second kappa shape index (κ2) is 16.1. The van der Waals surface area contributed by atoms with Gasteiger partial charge in [0.15, 0.2) is 29.1 Å². The van der Waals surface area contributed by atoms with Crippen LogP contribution in [0.4, 0.5) is 23.2 Å². The van der Waals surface area contributed by atoms with Crippen molar-refractivity contribution in [1.82, 2.24) is 15.1 Å². The average molecular weight is 683 g/mol. The maximum atomic E-state index is 13.9. The fourth-order valence-corrected chi connectivity index (χ4v) is 6.33. The average Bonchev–Trinajstić information content (AvgIpc) is 3.11. The van der Waals surface area contributed by atoms with E-state index in [1.807, 2.05) is 18.2 Å². The lowest BCUT2D eigenvalue weighted by Crippen LogP contribution is -2.47. The Morgan fingerprint density at radius 1 is 0.700 bits per heavy atom. The molecule has 2 fully saturated rings. The Hall–Kier alpha value is -5.06. The third-order valence-corrected chi connectivity index (χ3v) is 9.04. The van der Waals surface area contributed by atoms with E-state index in [2.05, 4.69) is 44.7 Å². The van der Waals surface area contributed by atoms with E-state index in [0.29, 0.717) is 5.56 Å². The van der Waals surface area contributed by atoms with E-state index < -0.39 is 29.3 Å². The van der Waals surface area contributed by atoms with Crippen molar-refractivity contribution in [3.63, 3.8) is 0 Å². The summed E-state index contributed by atoms with van der Waals surface area (Å²) in [5.74, 6) is -4.86. The molecule has 0 bridgehead atoms. The summed E-state index contributed by atoms with van der Waals surface area (Å²) in [7, 11) is 0. The number of anilines is 1. The monoisotopic (exact) mass is 682 g/mol. The minimum absolute atomic E-state index is 0.138. The van der Waals surface area contributed by atoms with Gasteiger partial charge in [0.1, 0.15) is 0 Å². The molecule has 1 saturated carbocycles. The molecule has 0 aromatic heterocycles.